The maximum Gasteiger partial charge on any atom is 0.240 e. The number of sulfonamides is 1. The summed E-state index contributed by atoms with van der Waals surface area (Å²) in [4.78, 5) is -0.168. The SMILES string of the molecule is CC(C)COCCCNS(=O)(=O)c1cc(N)cc(F)c1. The van der Waals surface area contributed by atoms with Crippen molar-refractivity contribution in [3.8, 4) is 0 Å². The molecule has 0 amide bonds. The minimum absolute atomic E-state index is 0.0747. The number of nitrogens with one attached hydrogen (secondary N) is 1. The van der Waals surface area contributed by atoms with E-state index < -0.39 is 15.8 Å². The first kappa shape index (κ1) is 16.9. The lowest BCUT2D eigenvalue weighted by Crippen LogP contribution is -2.26. The summed E-state index contributed by atoms with van der Waals surface area (Å²) in [7, 11) is -3.73. The van der Waals surface area contributed by atoms with Crippen LogP contribution in [-0.2, 0) is 14.8 Å². The van der Waals surface area contributed by atoms with Gasteiger partial charge in [-0.2, -0.15) is 0 Å². The lowest BCUT2D eigenvalue weighted by Gasteiger charge is -2.09. The van der Waals surface area contributed by atoms with Crippen molar-refractivity contribution in [2.45, 2.75) is 25.2 Å². The maximum absolute atomic E-state index is 13.1. The van der Waals surface area contributed by atoms with Crippen molar-refractivity contribution in [2.75, 3.05) is 25.5 Å². The molecule has 0 heterocycles. The van der Waals surface area contributed by atoms with Crippen LogP contribution < -0.4 is 10.5 Å². The Morgan fingerprint density at radius 2 is 2.05 bits per heavy atom. The minimum atomic E-state index is -3.73. The highest BCUT2D eigenvalue weighted by Crippen LogP contribution is 2.15. The van der Waals surface area contributed by atoms with Crippen molar-refractivity contribution in [3.05, 3.63) is 24.0 Å². The molecule has 3 N–H and O–H groups in total. The standard InChI is InChI=1S/C13H21FN2O3S/c1-10(2)9-19-5-3-4-16-20(17,18)13-7-11(14)6-12(15)8-13/h6-8,10,16H,3-5,9,15H2,1-2H3. The molecule has 0 unspecified atom stereocenters. The number of nitrogens with two attached hydrogens (primary N) is 1. The molecule has 0 atom stereocenters. The van der Waals surface area contributed by atoms with Gasteiger partial charge in [-0.15, -0.1) is 0 Å². The van der Waals surface area contributed by atoms with Crippen LogP contribution >= 0.6 is 0 Å². The molecule has 5 nitrogen and oxygen atoms in total. The summed E-state index contributed by atoms with van der Waals surface area (Å²) < 4.78 is 44.7. The highest BCUT2D eigenvalue weighted by Gasteiger charge is 2.14. The van der Waals surface area contributed by atoms with E-state index in [2.05, 4.69) is 4.72 Å². The van der Waals surface area contributed by atoms with E-state index in [1.54, 1.807) is 0 Å². The van der Waals surface area contributed by atoms with Crippen molar-refractivity contribution >= 4 is 15.7 Å². The zero-order valence-electron chi connectivity index (χ0n) is 11.7. The Kier molecular flexibility index (Phi) is 6.38. The Labute approximate surface area is 119 Å². The first-order valence-corrected chi connectivity index (χ1v) is 7.93. The number of anilines is 1. The number of hydrogen-bond acceptors (Lipinski definition) is 4. The fourth-order valence-corrected chi connectivity index (χ4v) is 2.66. The fourth-order valence-electron chi connectivity index (χ4n) is 1.52. The van der Waals surface area contributed by atoms with Crippen molar-refractivity contribution in [3.63, 3.8) is 0 Å². The Morgan fingerprint density at radius 1 is 1.35 bits per heavy atom. The molecule has 0 aliphatic carbocycles. The van der Waals surface area contributed by atoms with Crippen LogP contribution in [0.15, 0.2) is 23.1 Å². The van der Waals surface area contributed by atoms with Gasteiger partial charge in [-0.05, 0) is 30.5 Å². The molecule has 1 rings (SSSR count). The monoisotopic (exact) mass is 304 g/mol. The van der Waals surface area contributed by atoms with Crippen molar-refractivity contribution < 1.29 is 17.5 Å². The Hall–Kier alpha value is -1.18. The lowest BCUT2D eigenvalue weighted by molar-refractivity contribution is 0.108. The average molecular weight is 304 g/mol. The summed E-state index contributed by atoms with van der Waals surface area (Å²) in [5, 5.41) is 0. The Balaban J connectivity index is 2.46. The third kappa shape index (κ3) is 5.85. The number of ether oxygens (including phenoxy) is 1. The molecule has 0 aliphatic rings. The van der Waals surface area contributed by atoms with Gasteiger partial charge in [0.05, 0.1) is 4.90 Å². The van der Waals surface area contributed by atoms with Gasteiger partial charge in [0.15, 0.2) is 0 Å². The molecule has 0 spiro atoms. The normalized spacial score (nSPS) is 12.0. The van der Waals surface area contributed by atoms with Gasteiger partial charge in [-0.3, -0.25) is 0 Å². The quantitative estimate of drug-likeness (QED) is 0.566. The molecule has 20 heavy (non-hydrogen) atoms. The number of rotatable bonds is 8. The summed E-state index contributed by atoms with van der Waals surface area (Å²) >= 11 is 0. The molecule has 0 saturated carbocycles. The van der Waals surface area contributed by atoms with Gasteiger partial charge in [-0.25, -0.2) is 17.5 Å². The zero-order valence-corrected chi connectivity index (χ0v) is 12.5. The summed E-state index contributed by atoms with van der Waals surface area (Å²) in [6.45, 7) is 5.43. The molecule has 7 heteroatoms. The molecule has 0 aliphatic heterocycles. The number of nitrogen functional groups attached to an aromatic ring is 1. The Bertz CT molecular complexity index is 512. The molecule has 0 fully saturated rings. The molecule has 0 radical (unpaired) electrons. The predicted octanol–water partition coefficient (Wildman–Crippen LogP) is 1.75. The van der Waals surface area contributed by atoms with Gasteiger partial charge in [0, 0.05) is 25.4 Å². The summed E-state index contributed by atoms with van der Waals surface area (Å²) in [5.41, 5.74) is 5.50. The summed E-state index contributed by atoms with van der Waals surface area (Å²) in [6, 6.07) is 3.23. The number of halogens is 1. The summed E-state index contributed by atoms with van der Waals surface area (Å²) in [5.74, 6) is -0.229. The van der Waals surface area contributed by atoms with Crippen molar-refractivity contribution in [1.29, 1.82) is 0 Å². The Morgan fingerprint density at radius 3 is 2.65 bits per heavy atom. The summed E-state index contributed by atoms with van der Waals surface area (Å²) in [6.07, 6.45) is 0.552. The number of benzene rings is 1. The van der Waals surface area contributed by atoms with Gasteiger partial charge in [0.2, 0.25) is 10.0 Å². The van der Waals surface area contributed by atoms with E-state index in [9.17, 15) is 12.8 Å². The molecule has 0 aromatic heterocycles. The maximum atomic E-state index is 13.1. The highest BCUT2D eigenvalue weighted by atomic mass is 32.2. The van der Waals surface area contributed by atoms with Crippen LogP contribution in [0.1, 0.15) is 20.3 Å². The van der Waals surface area contributed by atoms with Gasteiger partial charge < -0.3 is 10.5 Å². The van der Waals surface area contributed by atoms with Crippen LogP contribution in [0, 0.1) is 11.7 Å². The van der Waals surface area contributed by atoms with Crippen molar-refractivity contribution in [1.82, 2.24) is 4.72 Å². The van der Waals surface area contributed by atoms with E-state index in [0.29, 0.717) is 25.6 Å². The van der Waals surface area contributed by atoms with E-state index >= 15 is 0 Å². The molecule has 1 aromatic rings. The molecule has 0 bridgehead atoms. The molecular formula is C13H21FN2O3S. The van der Waals surface area contributed by atoms with Crippen LogP contribution in [0.3, 0.4) is 0 Å². The van der Waals surface area contributed by atoms with E-state index in [1.165, 1.54) is 6.07 Å². The van der Waals surface area contributed by atoms with Gasteiger partial charge in [-0.1, -0.05) is 13.8 Å². The zero-order chi connectivity index (χ0) is 15.2. The third-order valence-electron chi connectivity index (χ3n) is 2.41. The van der Waals surface area contributed by atoms with Gasteiger partial charge in [0.1, 0.15) is 5.82 Å². The van der Waals surface area contributed by atoms with Crippen molar-refractivity contribution in [2.24, 2.45) is 5.92 Å². The smallest absolute Gasteiger partial charge is 0.240 e. The molecule has 114 valence electrons. The van der Waals surface area contributed by atoms with Crippen LogP contribution in [0.2, 0.25) is 0 Å². The topological polar surface area (TPSA) is 81.4 Å². The molecular weight excluding hydrogens is 283 g/mol. The van der Waals surface area contributed by atoms with Gasteiger partial charge >= 0.3 is 0 Å². The van der Waals surface area contributed by atoms with Crippen LogP contribution in [0.4, 0.5) is 10.1 Å². The van der Waals surface area contributed by atoms with Crippen LogP contribution in [0.25, 0.3) is 0 Å². The van der Waals surface area contributed by atoms with E-state index in [1.807, 2.05) is 13.8 Å². The second-order valence-corrected chi connectivity index (χ2v) is 6.71. The second-order valence-electron chi connectivity index (χ2n) is 4.94. The second kappa shape index (κ2) is 7.56. The number of hydrogen-bond donors (Lipinski definition) is 2. The first-order valence-electron chi connectivity index (χ1n) is 6.45. The average Bonchev–Trinajstić information content (AvgIpc) is 2.32. The molecule has 0 saturated heterocycles. The van der Waals surface area contributed by atoms with E-state index in [4.69, 9.17) is 10.5 Å². The van der Waals surface area contributed by atoms with Crippen LogP contribution in [0.5, 0.6) is 0 Å². The predicted molar refractivity (Wildman–Crippen MR) is 76.3 cm³/mol. The fraction of sp³-hybridized carbons (Fsp3) is 0.538. The highest BCUT2D eigenvalue weighted by molar-refractivity contribution is 7.89. The first-order chi connectivity index (χ1) is 9.31. The largest absolute Gasteiger partial charge is 0.399 e. The third-order valence-corrected chi connectivity index (χ3v) is 3.85. The van der Waals surface area contributed by atoms with Gasteiger partial charge in [0.25, 0.3) is 0 Å². The minimum Gasteiger partial charge on any atom is -0.399 e. The molecule has 1 aromatic carbocycles. The lowest BCUT2D eigenvalue weighted by atomic mass is 10.2. The van der Waals surface area contributed by atoms with E-state index in [-0.39, 0.29) is 17.1 Å². The van der Waals surface area contributed by atoms with Crippen LogP contribution in [-0.4, -0.2) is 28.2 Å². The van der Waals surface area contributed by atoms with E-state index in [0.717, 1.165) is 12.1 Å².